The summed E-state index contributed by atoms with van der Waals surface area (Å²) in [4.78, 5) is 31.6. The number of furan rings is 1. The number of hydrogen-bond donors (Lipinski definition) is 1. The molecule has 0 bridgehead atoms. The van der Waals surface area contributed by atoms with Gasteiger partial charge in [0.15, 0.2) is 5.17 Å². The molecule has 0 atom stereocenters. The second kappa shape index (κ2) is 10.7. The zero-order valence-corrected chi connectivity index (χ0v) is 20.9. The van der Waals surface area contributed by atoms with Gasteiger partial charge in [-0.3, -0.25) is 9.69 Å². The van der Waals surface area contributed by atoms with Gasteiger partial charge < -0.3 is 9.52 Å². The van der Waals surface area contributed by atoms with E-state index in [1.165, 1.54) is 23.9 Å². The fourth-order valence-electron chi connectivity index (χ4n) is 3.90. The fraction of sp³-hybridized carbons (Fsp3) is 0.100. The monoisotopic (exact) mass is 508 g/mol. The maximum atomic E-state index is 13.4. The normalized spacial score (nSPS) is 15.6. The van der Waals surface area contributed by atoms with Crippen LogP contribution in [0, 0.1) is 6.92 Å². The summed E-state index contributed by atoms with van der Waals surface area (Å²) in [5, 5.41) is 9.74. The number of amides is 1. The Kier molecular flexibility index (Phi) is 7.05. The van der Waals surface area contributed by atoms with Crippen molar-refractivity contribution < 1.29 is 19.1 Å². The van der Waals surface area contributed by atoms with Gasteiger partial charge in [0, 0.05) is 18.2 Å². The summed E-state index contributed by atoms with van der Waals surface area (Å²) in [5.74, 6) is 0.0325. The van der Waals surface area contributed by atoms with Gasteiger partial charge in [-0.05, 0) is 67.1 Å². The number of amidine groups is 1. The highest BCUT2D eigenvalue weighted by Gasteiger charge is 2.33. The Hall–Kier alpha value is -4.36. The molecule has 184 valence electrons. The molecule has 0 aliphatic carbocycles. The summed E-state index contributed by atoms with van der Waals surface area (Å²) in [5.41, 5.74) is 4.05. The molecule has 1 aromatic heterocycles. The van der Waals surface area contributed by atoms with E-state index in [2.05, 4.69) is 12.1 Å². The highest BCUT2D eigenvalue weighted by molar-refractivity contribution is 8.18. The van der Waals surface area contributed by atoms with Crippen LogP contribution in [0.25, 0.3) is 17.4 Å². The molecule has 2 heterocycles. The van der Waals surface area contributed by atoms with Crippen LogP contribution in [-0.2, 0) is 11.2 Å². The maximum absolute atomic E-state index is 13.4. The van der Waals surface area contributed by atoms with Crippen LogP contribution in [0.3, 0.4) is 0 Å². The third-order valence-corrected chi connectivity index (χ3v) is 6.94. The molecule has 5 rings (SSSR count). The fourth-order valence-corrected chi connectivity index (χ4v) is 4.90. The van der Waals surface area contributed by atoms with E-state index < -0.39 is 5.97 Å². The summed E-state index contributed by atoms with van der Waals surface area (Å²) >= 11 is 1.33. The number of carbonyl (C=O) groups excluding carboxylic acids is 1. The Balaban J connectivity index is 1.40. The van der Waals surface area contributed by atoms with E-state index in [4.69, 9.17) is 14.5 Å². The number of carboxylic acids is 1. The number of carboxylic acid groups (broad SMARTS) is 1. The summed E-state index contributed by atoms with van der Waals surface area (Å²) in [7, 11) is 0. The zero-order valence-electron chi connectivity index (χ0n) is 20.1. The van der Waals surface area contributed by atoms with Gasteiger partial charge >= 0.3 is 5.97 Å². The Morgan fingerprint density at radius 1 is 0.973 bits per heavy atom. The van der Waals surface area contributed by atoms with Crippen molar-refractivity contribution in [2.24, 2.45) is 4.99 Å². The lowest BCUT2D eigenvalue weighted by Gasteiger charge is -2.15. The lowest BCUT2D eigenvalue weighted by molar-refractivity contribution is -0.122. The quantitative estimate of drug-likeness (QED) is 0.278. The molecular weight excluding hydrogens is 484 g/mol. The van der Waals surface area contributed by atoms with Gasteiger partial charge in [0.25, 0.3) is 5.91 Å². The Morgan fingerprint density at radius 2 is 1.70 bits per heavy atom. The highest BCUT2D eigenvalue weighted by Crippen LogP contribution is 2.35. The number of thioether (sulfide) groups is 1. The first-order valence-corrected chi connectivity index (χ1v) is 12.6. The van der Waals surface area contributed by atoms with Crippen molar-refractivity contribution in [1.29, 1.82) is 0 Å². The lowest BCUT2D eigenvalue weighted by Crippen LogP contribution is -2.31. The van der Waals surface area contributed by atoms with Crippen LogP contribution in [0.4, 0.5) is 5.69 Å². The van der Waals surface area contributed by atoms with Gasteiger partial charge in [-0.25, -0.2) is 9.79 Å². The molecule has 1 N–H and O–H groups in total. The van der Waals surface area contributed by atoms with Gasteiger partial charge in [0.2, 0.25) is 0 Å². The zero-order chi connectivity index (χ0) is 25.8. The Labute approximate surface area is 219 Å². The first-order chi connectivity index (χ1) is 18.0. The van der Waals surface area contributed by atoms with E-state index in [1.54, 1.807) is 35.2 Å². The van der Waals surface area contributed by atoms with Gasteiger partial charge in [-0.2, -0.15) is 0 Å². The molecule has 0 radical (unpaired) electrons. The average molecular weight is 509 g/mol. The second-order valence-corrected chi connectivity index (χ2v) is 9.63. The number of hydrogen-bond acceptors (Lipinski definition) is 5. The van der Waals surface area contributed by atoms with Crippen molar-refractivity contribution in [3.63, 3.8) is 0 Å². The van der Waals surface area contributed by atoms with Crippen LogP contribution in [0.2, 0.25) is 0 Å². The summed E-state index contributed by atoms with van der Waals surface area (Å²) in [6.45, 7) is 2.53. The van der Waals surface area contributed by atoms with Crippen molar-refractivity contribution in [3.8, 4) is 11.3 Å². The van der Waals surface area contributed by atoms with E-state index in [0.717, 1.165) is 22.4 Å². The minimum absolute atomic E-state index is 0.115. The molecule has 0 unspecified atom stereocenters. The number of benzene rings is 3. The molecule has 0 saturated carbocycles. The van der Waals surface area contributed by atoms with E-state index >= 15 is 0 Å². The molecular formula is C30H24N2O4S. The van der Waals surface area contributed by atoms with Gasteiger partial charge in [0.05, 0.1) is 16.2 Å². The smallest absolute Gasteiger partial charge is 0.335 e. The average Bonchev–Trinajstić information content (AvgIpc) is 3.49. The molecule has 1 fully saturated rings. The summed E-state index contributed by atoms with van der Waals surface area (Å²) in [6, 6.07) is 28.0. The van der Waals surface area contributed by atoms with Crippen molar-refractivity contribution in [2.75, 3.05) is 6.54 Å². The van der Waals surface area contributed by atoms with Gasteiger partial charge in [0.1, 0.15) is 11.5 Å². The maximum Gasteiger partial charge on any atom is 0.335 e. The summed E-state index contributed by atoms with van der Waals surface area (Å²) in [6.07, 6.45) is 2.44. The van der Waals surface area contributed by atoms with E-state index in [1.807, 2.05) is 49.4 Å². The van der Waals surface area contributed by atoms with Crippen LogP contribution in [0.15, 0.2) is 105 Å². The molecule has 37 heavy (non-hydrogen) atoms. The molecule has 1 aliphatic heterocycles. The molecule has 6 nitrogen and oxygen atoms in total. The molecule has 4 aromatic rings. The largest absolute Gasteiger partial charge is 0.478 e. The van der Waals surface area contributed by atoms with Crippen LogP contribution in [-0.4, -0.2) is 33.6 Å². The van der Waals surface area contributed by atoms with Crippen molar-refractivity contribution in [1.82, 2.24) is 4.90 Å². The van der Waals surface area contributed by atoms with Gasteiger partial charge in [-0.1, -0.05) is 60.2 Å². The van der Waals surface area contributed by atoms with Crippen LogP contribution in [0.1, 0.15) is 27.2 Å². The van der Waals surface area contributed by atoms with Crippen LogP contribution >= 0.6 is 11.8 Å². The van der Waals surface area contributed by atoms with E-state index in [0.29, 0.717) is 34.6 Å². The van der Waals surface area contributed by atoms with Crippen molar-refractivity contribution in [2.45, 2.75) is 13.3 Å². The number of aliphatic imine (C=N–C) groups is 1. The highest BCUT2D eigenvalue weighted by atomic mass is 32.2. The van der Waals surface area contributed by atoms with Gasteiger partial charge in [-0.15, -0.1) is 0 Å². The second-order valence-electron chi connectivity index (χ2n) is 8.62. The molecule has 1 aliphatic rings. The molecule has 1 saturated heterocycles. The molecule has 1 amide bonds. The van der Waals surface area contributed by atoms with Crippen LogP contribution in [0.5, 0.6) is 0 Å². The number of rotatable bonds is 7. The molecule has 3 aromatic carbocycles. The number of nitrogens with zero attached hydrogens (tertiary/aromatic N) is 2. The van der Waals surface area contributed by atoms with E-state index in [9.17, 15) is 9.59 Å². The third-order valence-electron chi connectivity index (χ3n) is 5.93. The topological polar surface area (TPSA) is 83.1 Å². The van der Waals surface area contributed by atoms with Crippen molar-refractivity contribution >= 4 is 40.6 Å². The summed E-state index contributed by atoms with van der Waals surface area (Å²) < 4.78 is 5.96. The predicted octanol–water partition coefficient (Wildman–Crippen LogP) is 6.80. The lowest BCUT2D eigenvalue weighted by atomic mass is 10.1. The number of aromatic carboxylic acids is 1. The van der Waals surface area contributed by atoms with E-state index in [-0.39, 0.29) is 11.5 Å². The molecule has 0 spiro atoms. The van der Waals surface area contributed by atoms with Crippen molar-refractivity contribution in [3.05, 3.63) is 118 Å². The number of aryl methyl sites for hydroxylation is 1. The first kappa shape index (κ1) is 24.3. The predicted molar refractivity (Wildman–Crippen MR) is 147 cm³/mol. The van der Waals surface area contributed by atoms with Crippen LogP contribution < -0.4 is 0 Å². The minimum atomic E-state index is -0.979. The Morgan fingerprint density at radius 3 is 2.41 bits per heavy atom. The first-order valence-electron chi connectivity index (χ1n) is 11.8. The third kappa shape index (κ3) is 5.73. The minimum Gasteiger partial charge on any atom is -0.478 e. The molecule has 7 heteroatoms. The standard InChI is InChI=1S/C30H24N2O4S/c1-20-7-13-24(14-8-20)31-30-32(18-17-21-5-3-2-4-6-21)28(33)27(37-30)19-25-15-16-26(36-25)22-9-11-23(12-10-22)29(34)35/h2-16,19H,17-18H2,1H3,(H,34,35). The SMILES string of the molecule is Cc1ccc(N=C2SC(=Cc3ccc(-c4ccc(C(=O)O)cc4)o3)C(=O)N2CCc2ccccc2)cc1. The Bertz CT molecular complexity index is 1490. The number of carbonyl (C=O) groups is 2.